The van der Waals surface area contributed by atoms with Crippen LogP contribution in [-0.4, -0.2) is 53.8 Å². The largest absolute Gasteiger partial charge is 0.456 e. The Morgan fingerprint density at radius 2 is 1.74 bits per heavy atom. The highest BCUT2D eigenvalue weighted by Gasteiger charge is 2.32. The first-order valence-electron chi connectivity index (χ1n) is 11.2. The molecule has 10 heteroatoms. The van der Waals surface area contributed by atoms with Crippen molar-refractivity contribution in [1.82, 2.24) is 14.1 Å². The van der Waals surface area contributed by atoms with Crippen LogP contribution in [0.2, 0.25) is 0 Å². The molecule has 0 bridgehead atoms. The lowest BCUT2D eigenvalue weighted by atomic mass is 10.2. The Balaban J connectivity index is 1.50. The Bertz CT molecular complexity index is 1350. The molecular formula is C25H26N4O5S. The van der Waals surface area contributed by atoms with Crippen LogP contribution in [0.1, 0.15) is 41.2 Å². The number of sulfonamides is 1. The second-order valence-corrected chi connectivity index (χ2v) is 10.4. The van der Waals surface area contributed by atoms with Crippen LogP contribution in [0.5, 0.6) is 0 Å². The maximum atomic E-state index is 13.0. The Morgan fingerprint density at radius 1 is 1.11 bits per heavy atom. The molecule has 0 radical (unpaired) electrons. The molecule has 0 spiro atoms. The predicted octanol–water partition coefficient (Wildman–Crippen LogP) is 3.21. The fourth-order valence-electron chi connectivity index (χ4n) is 4.09. The van der Waals surface area contributed by atoms with Crippen LogP contribution in [0.3, 0.4) is 0 Å². The monoisotopic (exact) mass is 494 g/mol. The molecule has 1 saturated heterocycles. The molecular weight excluding hydrogens is 468 g/mol. The fraction of sp³-hybridized carbons (Fsp3) is 0.320. The first kappa shape index (κ1) is 24.6. The van der Waals surface area contributed by atoms with E-state index >= 15 is 0 Å². The molecule has 1 aromatic heterocycles. The van der Waals surface area contributed by atoms with Gasteiger partial charge in [0, 0.05) is 13.1 Å². The summed E-state index contributed by atoms with van der Waals surface area (Å²) in [7, 11) is -3.71. The SMILES string of the molecule is Cc1nn(-c2ccccc2)c(COC(=O)c2ccc(S(=O)(=O)N3CC(C)OC(C)C3)cc2)c1C#N. The summed E-state index contributed by atoms with van der Waals surface area (Å²) in [5.74, 6) is -0.634. The van der Waals surface area contributed by atoms with Crippen LogP contribution >= 0.6 is 0 Å². The normalized spacial score (nSPS) is 18.7. The number of carbonyl (C=O) groups is 1. The third-order valence-corrected chi connectivity index (χ3v) is 7.57. The molecule has 2 atom stereocenters. The van der Waals surface area contributed by atoms with Crippen molar-refractivity contribution in [3.05, 3.63) is 77.1 Å². The molecule has 3 aromatic rings. The fourth-order valence-corrected chi connectivity index (χ4v) is 5.68. The summed E-state index contributed by atoms with van der Waals surface area (Å²) in [4.78, 5) is 12.8. The molecule has 0 saturated carbocycles. The third-order valence-electron chi connectivity index (χ3n) is 5.72. The van der Waals surface area contributed by atoms with E-state index in [1.165, 1.54) is 28.6 Å². The summed E-state index contributed by atoms with van der Waals surface area (Å²) in [5.41, 5.74) is 2.28. The number of para-hydroxylation sites is 1. The number of hydrogen-bond donors (Lipinski definition) is 0. The summed E-state index contributed by atoms with van der Waals surface area (Å²) in [5, 5.41) is 14.0. The summed E-state index contributed by atoms with van der Waals surface area (Å²) in [6.07, 6.45) is -0.400. The molecule has 1 aliphatic rings. The lowest BCUT2D eigenvalue weighted by molar-refractivity contribution is -0.0440. The standard InChI is InChI=1S/C25H26N4O5S/c1-17-14-28(15-18(2)34-17)35(31,32)22-11-9-20(10-12-22)25(30)33-16-24-23(13-26)19(3)27-29(24)21-7-5-4-6-8-21/h4-12,17-18H,14-16H2,1-3H3. The van der Waals surface area contributed by atoms with Gasteiger partial charge in [0.25, 0.3) is 0 Å². The molecule has 0 amide bonds. The second kappa shape index (κ2) is 10.00. The number of carbonyl (C=O) groups excluding carboxylic acids is 1. The van der Waals surface area contributed by atoms with Crippen LogP contribution in [-0.2, 0) is 26.1 Å². The molecule has 35 heavy (non-hydrogen) atoms. The van der Waals surface area contributed by atoms with Gasteiger partial charge in [0.15, 0.2) is 0 Å². The van der Waals surface area contributed by atoms with Crippen molar-refractivity contribution >= 4 is 16.0 Å². The van der Waals surface area contributed by atoms with E-state index in [-0.39, 0.29) is 42.4 Å². The Hall–Kier alpha value is -3.52. The summed E-state index contributed by atoms with van der Waals surface area (Å²) < 4.78 is 40.1. The number of benzene rings is 2. The number of rotatable bonds is 6. The Kier molecular flexibility index (Phi) is 7.03. The van der Waals surface area contributed by atoms with Crippen LogP contribution in [0.25, 0.3) is 5.69 Å². The van der Waals surface area contributed by atoms with Gasteiger partial charge in [0.1, 0.15) is 18.2 Å². The van der Waals surface area contributed by atoms with E-state index in [9.17, 15) is 18.5 Å². The first-order valence-corrected chi connectivity index (χ1v) is 12.6. The van der Waals surface area contributed by atoms with E-state index < -0.39 is 16.0 Å². The average molecular weight is 495 g/mol. The predicted molar refractivity (Wildman–Crippen MR) is 127 cm³/mol. The van der Waals surface area contributed by atoms with Crippen molar-refractivity contribution in [3.8, 4) is 11.8 Å². The van der Waals surface area contributed by atoms with Crippen molar-refractivity contribution in [1.29, 1.82) is 5.26 Å². The van der Waals surface area contributed by atoms with Crippen molar-refractivity contribution in [3.63, 3.8) is 0 Å². The van der Waals surface area contributed by atoms with Crippen LogP contribution in [0.4, 0.5) is 0 Å². The summed E-state index contributed by atoms with van der Waals surface area (Å²) >= 11 is 0. The molecule has 1 aliphatic heterocycles. The number of nitriles is 1. The van der Waals surface area contributed by atoms with Crippen LogP contribution in [0.15, 0.2) is 59.5 Å². The van der Waals surface area contributed by atoms with Gasteiger partial charge >= 0.3 is 5.97 Å². The van der Waals surface area contributed by atoms with Crippen molar-refractivity contribution in [2.75, 3.05) is 13.1 Å². The number of aryl methyl sites for hydroxylation is 1. The average Bonchev–Trinajstić information content (AvgIpc) is 3.17. The molecule has 0 aliphatic carbocycles. The van der Waals surface area contributed by atoms with E-state index in [4.69, 9.17) is 9.47 Å². The topological polar surface area (TPSA) is 115 Å². The number of hydrogen-bond acceptors (Lipinski definition) is 7. The van der Waals surface area contributed by atoms with E-state index in [1.807, 2.05) is 44.2 Å². The second-order valence-electron chi connectivity index (χ2n) is 8.45. The van der Waals surface area contributed by atoms with Crippen LogP contribution in [0, 0.1) is 18.3 Å². The lowest BCUT2D eigenvalue weighted by Gasteiger charge is -2.34. The minimum absolute atomic E-state index is 0.0971. The zero-order valence-corrected chi connectivity index (χ0v) is 20.5. The maximum absolute atomic E-state index is 13.0. The Morgan fingerprint density at radius 3 is 2.34 bits per heavy atom. The molecule has 1 fully saturated rings. The van der Waals surface area contributed by atoms with Crippen molar-refractivity contribution in [2.45, 2.75) is 44.5 Å². The van der Waals surface area contributed by atoms with Crippen LogP contribution < -0.4 is 0 Å². The highest BCUT2D eigenvalue weighted by Crippen LogP contribution is 2.23. The van der Waals surface area contributed by atoms with Gasteiger partial charge in [0.2, 0.25) is 10.0 Å². The van der Waals surface area contributed by atoms with Crippen molar-refractivity contribution in [2.24, 2.45) is 0 Å². The van der Waals surface area contributed by atoms with Gasteiger partial charge < -0.3 is 9.47 Å². The van der Waals surface area contributed by atoms with E-state index in [1.54, 1.807) is 11.6 Å². The molecule has 2 heterocycles. The molecule has 182 valence electrons. The van der Waals surface area contributed by atoms with Crippen molar-refractivity contribution < 1.29 is 22.7 Å². The number of aromatic nitrogens is 2. The highest BCUT2D eigenvalue weighted by molar-refractivity contribution is 7.89. The van der Waals surface area contributed by atoms with Gasteiger partial charge in [-0.15, -0.1) is 0 Å². The lowest BCUT2D eigenvalue weighted by Crippen LogP contribution is -2.48. The summed E-state index contributed by atoms with van der Waals surface area (Å²) in [6, 6.07) is 17.0. The zero-order chi connectivity index (χ0) is 25.2. The maximum Gasteiger partial charge on any atom is 0.338 e. The minimum Gasteiger partial charge on any atom is -0.456 e. The van der Waals surface area contributed by atoms with E-state index in [0.717, 1.165) is 5.69 Å². The first-order chi connectivity index (χ1) is 16.7. The quantitative estimate of drug-likeness (QED) is 0.483. The number of esters is 1. The highest BCUT2D eigenvalue weighted by atomic mass is 32.2. The number of morpholine rings is 1. The minimum atomic E-state index is -3.71. The van der Waals surface area contributed by atoms with Gasteiger partial charge in [-0.2, -0.15) is 14.7 Å². The number of ether oxygens (including phenoxy) is 2. The van der Waals surface area contributed by atoms with Gasteiger partial charge in [-0.05, 0) is 57.2 Å². The summed E-state index contributed by atoms with van der Waals surface area (Å²) in [6.45, 7) is 5.76. The number of nitrogens with zero attached hydrogens (tertiary/aromatic N) is 4. The molecule has 2 unspecified atom stereocenters. The van der Waals surface area contributed by atoms with E-state index in [0.29, 0.717) is 17.0 Å². The Labute approximate surface area is 204 Å². The van der Waals surface area contributed by atoms with E-state index in [2.05, 4.69) is 11.2 Å². The van der Waals surface area contributed by atoms with Gasteiger partial charge in [-0.25, -0.2) is 17.9 Å². The van der Waals surface area contributed by atoms with Gasteiger partial charge in [-0.3, -0.25) is 0 Å². The van der Waals surface area contributed by atoms with Gasteiger partial charge in [-0.1, -0.05) is 18.2 Å². The molecule has 9 nitrogen and oxygen atoms in total. The molecule has 4 rings (SSSR count). The smallest absolute Gasteiger partial charge is 0.338 e. The third kappa shape index (κ3) is 5.12. The van der Waals surface area contributed by atoms with Gasteiger partial charge in [0.05, 0.1) is 39.7 Å². The molecule has 0 N–H and O–H groups in total. The molecule has 2 aromatic carbocycles. The zero-order valence-electron chi connectivity index (χ0n) is 19.7.